The van der Waals surface area contributed by atoms with Gasteiger partial charge in [-0.25, -0.2) is 4.79 Å². The third kappa shape index (κ3) is 7.08. The van der Waals surface area contributed by atoms with E-state index < -0.39 is 12.0 Å². The van der Waals surface area contributed by atoms with E-state index in [1.54, 1.807) is 6.92 Å². The molecule has 0 aliphatic rings. The number of nitrogens with one attached hydrogen (secondary N) is 2. The second-order valence-electron chi connectivity index (χ2n) is 9.81. The Kier molecular flexibility index (Phi) is 9.11. The number of aryl methyl sites for hydroxylation is 1. The van der Waals surface area contributed by atoms with Crippen molar-refractivity contribution in [1.82, 2.24) is 15.8 Å². The van der Waals surface area contributed by atoms with Crippen molar-refractivity contribution < 1.29 is 23.6 Å². The van der Waals surface area contributed by atoms with E-state index in [9.17, 15) is 9.59 Å². The van der Waals surface area contributed by atoms with E-state index in [1.165, 1.54) is 0 Å². The highest BCUT2D eigenvalue weighted by Crippen LogP contribution is 2.27. The number of benzene rings is 4. The SMILES string of the molecule is CCOc1ccc(COC(=O)N/C(=N/C(=O)c2c(-c3ccccc3)noc2C)N[C@H](C)c2cccc3ccccc23)cc1. The Morgan fingerprint density at radius 3 is 2.42 bits per heavy atom. The molecule has 1 atom stereocenters. The fraction of sp³-hybridized carbons (Fsp3) is 0.176. The number of hydrogen-bond acceptors (Lipinski definition) is 6. The topological polar surface area (TPSA) is 115 Å². The fourth-order valence-electron chi connectivity index (χ4n) is 4.71. The lowest BCUT2D eigenvalue weighted by Gasteiger charge is -2.19. The van der Waals surface area contributed by atoms with E-state index in [1.807, 2.05) is 111 Å². The Morgan fingerprint density at radius 1 is 0.930 bits per heavy atom. The molecule has 218 valence electrons. The van der Waals surface area contributed by atoms with E-state index in [0.717, 1.165) is 27.6 Å². The molecule has 0 aliphatic heterocycles. The molecule has 5 aromatic rings. The first-order chi connectivity index (χ1) is 20.9. The van der Waals surface area contributed by atoms with Crippen molar-refractivity contribution in [2.45, 2.75) is 33.4 Å². The number of aromatic nitrogens is 1. The van der Waals surface area contributed by atoms with E-state index in [0.29, 0.717) is 23.6 Å². The number of guanidine groups is 1. The Labute approximate surface area is 249 Å². The monoisotopic (exact) mass is 576 g/mol. The molecule has 2 N–H and O–H groups in total. The number of ether oxygens (including phenoxy) is 2. The summed E-state index contributed by atoms with van der Waals surface area (Å²) < 4.78 is 16.3. The van der Waals surface area contributed by atoms with Gasteiger partial charge >= 0.3 is 6.09 Å². The molecule has 0 radical (unpaired) electrons. The zero-order valence-electron chi connectivity index (χ0n) is 24.2. The molecule has 0 unspecified atom stereocenters. The Morgan fingerprint density at radius 2 is 1.65 bits per heavy atom. The molecule has 9 nitrogen and oxygen atoms in total. The van der Waals surface area contributed by atoms with Crippen LogP contribution in [0.4, 0.5) is 4.79 Å². The van der Waals surface area contributed by atoms with Crippen LogP contribution in [-0.2, 0) is 11.3 Å². The maximum atomic E-state index is 13.6. The zero-order chi connectivity index (χ0) is 30.2. The maximum Gasteiger partial charge on any atom is 0.414 e. The molecule has 43 heavy (non-hydrogen) atoms. The summed E-state index contributed by atoms with van der Waals surface area (Å²) in [6.45, 7) is 6.06. The van der Waals surface area contributed by atoms with Crippen LogP contribution in [-0.4, -0.2) is 29.7 Å². The van der Waals surface area contributed by atoms with Crippen LogP contribution in [0.5, 0.6) is 5.75 Å². The highest BCUT2D eigenvalue weighted by Gasteiger charge is 2.23. The van der Waals surface area contributed by atoms with Crippen molar-refractivity contribution in [3.63, 3.8) is 0 Å². The summed E-state index contributed by atoms with van der Waals surface area (Å²) in [6, 6.07) is 30.1. The van der Waals surface area contributed by atoms with E-state index in [4.69, 9.17) is 14.0 Å². The Balaban J connectivity index is 1.40. The summed E-state index contributed by atoms with van der Waals surface area (Å²) in [6.07, 6.45) is -0.775. The molecule has 0 bridgehead atoms. The van der Waals surface area contributed by atoms with Gasteiger partial charge in [-0.05, 0) is 54.8 Å². The van der Waals surface area contributed by atoms with Gasteiger partial charge in [0.05, 0.1) is 12.6 Å². The number of carbonyl (C=O) groups is 2. The van der Waals surface area contributed by atoms with Crippen LogP contribution in [0.3, 0.4) is 0 Å². The molecule has 9 heteroatoms. The van der Waals surface area contributed by atoms with Crippen LogP contribution in [0.1, 0.15) is 47.1 Å². The van der Waals surface area contributed by atoms with Gasteiger partial charge in [0.15, 0.2) is 0 Å². The first kappa shape index (κ1) is 29.1. The lowest BCUT2D eigenvalue weighted by atomic mass is 10.00. The minimum atomic E-state index is -0.775. The largest absolute Gasteiger partial charge is 0.494 e. The first-order valence-electron chi connectivity index (χ1n) is 14.0. The lowest BCUT2D eigenvalue weighted by Crippen LogP contribution is -2.43. The van der Waals surface area contributed by atoms with Gasteiger partial charge in [0.2, 0.25) is 5.96 Å². The Hall–Kier alpha value is -5.44. The molecule has 0 aliphatic carbocycles. The second-order valence-corrected chi connectivity index (χ2v) is 9.81. The summed E-state index contributed by atoms with van der Waals surface area (Å²) in [7, 11) is 0. The van der Waals surface area contributed by atoms with Gasteiger partial charge in [0.1, 0.15) is 29.4 Å². The minimum absolute atomic E-state index is 0.0151. The molecule has 0 saturated carbocycles. The molecule has 0 spiro atoms. The molecule has 5 rings (SSSR count). The number of hydrogen-bond donors (Lipinski definition) is 2. The fourth-order valence-corrected chi connectivity index (χ4v) is 4.71. The van der Waals surface area contributed by atoms with Crippen LogP contribution in [0.25, 0.3) is 22.0 Å². The number of carbonyl (C=O) groups excluding carboxylic acids is 2. The standard InChI is InChI=1S/C34H32N4O5/c1-4-41-27-19-17-24(18-20-27)21-42-34(40)37-33(35-22(2)28-16-10-14-25-11-8-9-15-29(25)28)36-32(39)30-23(3)43-38-31(30)26-12-6-5-7-13-26/h5-20,22H,4,21H2,1-3H3,(H2,35,36,37,39,40)/t22-/m1/s1. The van der Waals surface area contributed by atoms with Crippen molar-refractivity contribution in [1.29, 1.82) is 0 Å². The van der Waals surface area contributed by atoms with Gasteiger partial charge in [-0.1, -0.05) is 90.1 Å². The van der Waals surface area contributed by atoms with E-state index in [2.05, 4.69) is 20.8 Å². The molecule has 0 fully saturated rings. The van der Waals surface area contributed by atoms with Crippen LogP contribution in [0, 0.1) is 6.92 Å². The zero-order valence-corrected chi connectivity index (χ0v) is 24.2. The van der Waals surface area contributed by atoms with Crippen molar-refractivity contribution in [2.75, 3.05) is 6.61 Å². The minimum Gasteiger partial charge on any atom is -0.494 e. The van der Waals surface area contributed by atoms with E-state index >= 15 is 0 Å². The maximum absolute atomic E-state index is 13.6. The van der Waals surface area contributed by atoms with Gasteiger partial charge in [-0.15, -0.1) is 0 Å². The number of alkyl carbamates (subject to hydrolysis) is 1. The van der Waals surface area contributed by atoms with Crippen LogP contribution < -0.4 is 15.4 Å². The van der Waals surface area contributed by atoms with Crippen molar-refractivity contribution >= 4 is 28.7 Å². The van der Waals surface area contributed by atoms with E-state index in [-0.39, 0.29) is 24.2 Å². The molecule has 2 amide bonds. The van der Waals surface area contributed by atoms with Crippen molar-refractivity contribution in [3.8, 4) is 17.0 Å². The third-order valence-electron chi connectivity index (χ3n) is 6.81. The number of aliphatic imine (C=N–C) groups is 1. The van der Waals surface area contributed by atoms with Gasteiger partial charge in [0, 0.05) is 5.56 Å². The van der Waals surface area contributed by atoms with Crippen molar-refractivity contribution in [2.24, 2.45) is 4.99 Å². The van der Waals surface area contributed by atoms with Crippen molar-refractivity contribution in [3.05, 3.63) is 120 Å². The van der Waals surface area contributed by atoms with Crippen LogP contribution in [0.2, 0.25) is 0 Å². The molecular weight excluding hydrogens is 544 g/mol. The smallest absolute Gasteiger partial charge is 0.414 e. The average Bonchev–Trinajstić information content (AvgIpc) is 3.42. The van der Waals surface area contributed by atoms with Gasteiger partial charge < -0.3 is 19.3 Å². The molecular formula is C34H32N4O5. The molecule has 1 heterocycles. The normalized spacial score (nSPS) is 12.0. The third-order valence-corrected chi connectivity index (χ3v) is 6.81. The summed E-state index contributed by atoms with van der Waals surface area (Å²) >= 11 is 0. The first-order valence-corrected chi connectivity index (χ1v) is 14.0. The second kappa shape index (κ2) is 13.5. The average molecular weight is 577 g/mol. The number of amides is 2. The predicted octanol–water partition coefficient (Wildman–Crippen LogP) is 6.98. The molecule has 0 saturated heterocycles. The predicted molar refractivity (Wildman–Crippen MR) is 165 cm³/mol. The summed E-state index contributed by atoms with van der Waals surface area (Å²) in [5, 5.41) is 12.0. The highest BCUT2D eigenvalue weighted by molar-refractivity contribution is 6.09. The quantitative estimate of drug-likeness (QED) is 0.151. The number of fused-ring (bicyclic) bond motifs is 1. The number of nitrogens with zero attached hydrogens (tertiary/aromatic N) is 2. The summed E-state index contributed by atoms with van der Waals surface area (Å²) in [4.78, 5) is 30.8. The van der Waals surface area contributed by atoms with Crippen LogP contribution in [0.15, 0.2) is 107 Å². The summed E-state index contributed by atoms with van der Waals surface area (Å²) in [5.41, 5.74) is 3.02. The van der Waals surface area contributed by atoms with Gasteiger partial charge in [0.25, 0.3) is 5.91 Å². The molecule has 4 aromatic carbocycles. The summed E-state index contributed by atoms with van der Waals surface area (Å²) in [5.74, 6) is 0.347. The Bertz CT molecular complexity index is 1740. The highest BCUT2D eigenvalue weighted by atomic mass is 16.5. The van der Waals surface area contributed by atoms with Crippen LogP contribution >= 0.6 is 0 Å². The lowest BCUT2D eigenvalue weighted by molar-refractivity contribution is 0.100. The van der Waals surface area contributed by atoms with Gasteiger partial charge in [-0.3, -0.25) is 10.1 Å². The number of rotatable bonds is 8. The van der Waals surface area contributed by atoms with Gasteiger partial charge in [-0.2, -0.15) is 4.99 Å². The molecule has 1 aromatic heterocycles.